The summed E-state index contributed by atoms with van der Waals surface area (Å²) in [7, 11) is -0.394. The third-order valence-corrected chi connectivity index (χ3v) is 7.71. The second-order valence-electron chi connectivity index (χ2n) is 6.29. The summed E-state index contributed by atoms with van der Waals surface area (Å²) in [5.41, 5.74) is 3.26. The number of nitrogens with one attached hydrogen (secondary N) is 1. The molecule has 0 saturated carbocycles. The number of allylic oxidation sites excluding steroid dienone is 4. The first-order chi connectivity index (χ1) is 12.6. The smallest absolute Gasteiger partial charge is 0.111 e. The Balaban J connectivity index is 1.81. The molecule has 2 unspecified atom stereocenters. The van der Waals surface area contributed by atoms with Crippen LogP contribution in [0.15, 0.2) is 59.2 Å². The highest BCUT2D eigenvalue weighted by atomic mass is 32.2. The zero-order valence-corrected chi connectivity index (χ0v) is 17.7. The Morgan fingerprint density at radius 2 is 1.88 bits per heavy atom. The Kier molecular flexibility index (Phi) is 9.49. The first-order valence-electron chi connectivity index (χ1n) is 9.26. The van der Waals surface area contributed by atoms with E-state index in [0.29, 0.717) is 11.4 Å². The Labute approximate surface area is 163 Å². The molecule has 0 radical (unpaired) electrons. The fourth-order valence-corrected chi connectivity index (χ4v) is 5.21. The lowest BCUT2D eigenvalue weighted by molar-refractivity contribution is 0.371. The molecule has 0 aromatic heterocycles. The Bertz CT molecular complexity index is 640. The number of hydrogen-bond acceptors (Lipinski definition) is 4. The van der Waals surface area contributed by atoms with Crippen LogP contribution in [0.2, 0.25) is 0 Å². The van der Waals surface area contributed by atoms with E-state index >= 15 is 0 Å². The van der Waals surface area contributed by atoms with Gasteiger partial charge in [-0.25, -0.2) is 0 Å². The van der Waals surface area contributed by atoms with E-state index in [4.69, 9.17) is 4.52 Å². The number of benzene rings is 1. The van der Waals surface area contributed by atoms with E-state index in [1.807, 2.05) is 6.08 Å². The van der Waals surface area contributed by atoms with E-state index in [9.17, 15) is 5.11 Å². The maximum Gasteiger partial charge on any atom is 0.111 e. The van der Waals surface area contributed by atoms with Gasteiger partial charge < -0.3 is 9.63 Å². The normalized spacial score (nSPS) is 16.6. The van der Waals surface area contributed by atoms with Crippen LogP contribution in [-0.2, 0) is 17.2 Å². The summed E-state index contributed by atoms with van der Waals surface area (Å²) < 4.78 is 9.39. The van der Waals surface area contributed by atoms with Crippen molar-refractivity contribution in [1.82, 2.24) is 4.72 Å². The van der Waals surface area contributed by atoms with Gasteiger partial charge in [0.2, 0.25) is 0 Å². The van der Waals surface area contributed by atoms with E-state index in [2.05, 4.69) is 55.8 Å². The van der Waals surface area contributed by atoms with Crippen LogP contribution in [-0.4, -0.2) is 17.4 Å². The van der Waals surface area contributed by atoms with Gasteiger partial charge in [0.1, 0.15) is 5.76 Å². The van der Waals surface area contributed by atoms with Crippen molar-refractivity contribution in [3.05, 3.63) is 70.4 Å². The predicted molar refractivity (Wildman–Crippen MR) is 115 cm³/mol. The minimum Gasteiger partial charge on any atom is -0.508 e. The van der Waals surface area contributed by atoms with Crippen molar-refractivity contribution in [3.8, 4) is 0 Å². The summed E-state index contributed by atoms with van der Waals surface area (Å²) >= 11 is 1.60. The number of hydrogen-bond donors (Lipinski definition) is 2. The fraction of sp³-hybridized carbons (Fsp3) is 0.429. The molecule has 2 atom stereocenters. The van der Waals surface area contributed by atoms with Gasteiger partial charge in [0.05, 0.1) is 0 Å². The Morgan fingerprint density at radius 1 is 1.15 bits per heavy atom. The van der Waals surface area contributed by atoms with Crippen molar-refractivity contribution in [2.45, 2.75) is 52.0 Å². The zero-order valence-electron chi connectivity index (χ0n) is 15.9. The lowest BCUT2D eigenvalue weighted by Crippen LogP contribution is -2.05. The van der Waals surface area contributed by atoms with E-state index in [-0.39, 0.29) is 0 Å². The van der Waals surface area contributed by atoms with Gasteiger partial charge in [-0.2, -0.15) is 0 Å². The van der Waals surface area contributed by atoms with Gasteiger partial charge in [-0.15, -0.1) is 0 Å². The van der Waals surface area contributed by atoms with Crippen LogP contribution in [0.25, 0.3) is 0 Å². The molecule has 142 valence electrons. The van der Waals surface area contributed by atoms with Gasteiger partial charge in [0.25, 0.3) is 0 Å². The largest absolute Gasteiger partial charge is 0.508 e. The minimum atomic E-state index is -0.394. The molecule has 1 aliphatic rings. The zero-order chi connectivity index (χ0) is 18.8. The molecule has 0 spiro atoms. The van der Waals surface area contributed by atoms with Gasteiger partial charge in [-0.05, 0) is 61.1 Å². The highest BCUT2D eigenvalue weighted by Gasteiger charge is 2.16. The lowest BCUT2D eigenvalue weighted by atomic mass is 10.1. The molecule has 26 heavy (non-hydrogen) atoms. The van der Waals surface area contributed by atoms with Crippen LogP contribution in [0.1, 0.15) is 44.7 Å². The minimum absolute atomic E-state index is 0.330. The van der Waals surface area contributed by atoms with Crippen molar-refractivity contribution < 1.29 is 9.63 Å². The van der Waals surface area contributed by atoms with Crippen LogP contribution >= 0.6 is 20.1 Å². The topological polar surface area (TPSA) is 41.5 Å². The van der Waals surface area contributed by atoms with E-state index in [1.54, 1.807) is 24.1 Å². The average Bonchev–Trinajstić information content (AvgIpc) is 2.86. The third-order valence-electron chi connectivity index (χ3n) is 4.27. The van der Waals surface area contributed by atoms with Crippen molar-refractivity contribution in [2.75, 3.05) is 6.61 Å². The fourth-order valence-electron chi connectivity index (χ4n) is 2.52. The van der Waals surface area contributed by atoms with Gasteiger partial charge in [0, 0.05) is 38.0 Å². The van der Waals surface area contributed by atoms with Crippen molar-refractivity contribution in [1.29, 1.82) is 0 Å². The number of aliphatic hydroxyl groups excluding tert-OH is 1. The molecule has 1 aromatic rings. The summed E-state index contributed by atoms with van der Waals surface area (Å²) in [6.07, 6.45) is 10.5. The Hall–Kier alpha value is -1.06. The first-order valence-corrected chi connectivity index (χ1v) is 11.6. The van der Waals surface area contributed by atoms with Crippen LogP contribution in [0, 0.1) is 0 Å². The number of aliphatic hydroxyl groups is 1. The molecule has 1 aromatic carbocycles. The lowest BCUT2D eigenvalue weighted by Gasteiger charge is -2.23. The standard InChI is InChI=1S/C21H30NO2PS/c1-4-17(3)25(24-5-2)16-19-11-9-18(10-12-19)15-22-26-21-8-6-7-20(23)13-14-21/h7-14,17,22-23H,4-6,15-16H2,1-3H3. The molecule has 3 nitrogen and oxygen atoms in total. The number of rotatable bonds is 10. The quantitative estimate of drug-likeness (QED) is 0.356. The molecular weight excluding hydrogens is 361 g/mol. The molecule has 2 N–H and O–H groups in total. The van der Waals surface area contributed by atoms with Gasteiger partial charge in [-0.1, -0.05) is 44.2 Å². The highest BCUT2D eigenvalue weighted by molar-refractivity contribution is 8.01. The second-order valence-corrected chi connectivity index (χ2v) is 9.55. The summed E-state index contributed by atoms with van der Waals surface area (Å²) in [4.78, 5) is 1.12. The summed E-state index contributed by atoms with van der Waals surface area (Å²) in [5, 5.41) is 9.49. The summed E-state index contributed by atoms with van der Waals surface area (Å²) in [6, 6.07) is 8.85. The molecular formula is C21H30NO2PS. The van der Waals surface area contributed by atoms with Gasteiger partial charge in [-0.3, -0.25) is 4.72 Å². The van der Waals surface area contributed by atoms with Crippen LogP contribution in [0.5, 0.6) is 0 Å². The first kappa shape index (κ1) is 21.2. The molecule has 0 saturated heterocycles. The third kappa shape index (κ3) is 7.28. The van der Waals surface area contributed by atoms with Crippen molar-refractivity contribution >= 4 is 20.1 Å². The average molecular weight is 392 g/mol. The van der Waals surface area contributed by atoms with E-state index in [0.717, 1.165) is 30.6 Å². The van der Waals surface area contributed by atoms with Gasteiger partial charge >= 0.3 is 0 Å². The molecule has 1 aliphatic carbocycles. The predicted octanol–water partition coefficient (Wildman–Crippen LogP) is 6.44. The van der Waals surface area contributed by atoms with Crippen LogP contribution < -0.4 is 4.72 Å². The van der Waals surface area contributed by atoms with Crippen LogP contribution in [0.4, 0.5) is 0 Å². The molecule has 0 aliphatic heterocycles. The SMILES string of the molecule is CCOP(Cc1ccc(CNSC2=CCC=C(O)C=C2)cc1)C(C)CC. The van der Waals surface area contributed by atoms with E-state index < -0.39 is 8.15 Å². The molecule has 0 fully saturated rings. The van der Waals surface area contributed by atoms with Gasteiger partial charge in [0.15, 0.2) is 0 Å². The molecule has 2 rings (SSSR count). The summed E-state index contributed by atoms with van der Waals surface area (Å²) in [6.45, 7) is 8.22. The second kappa shape index (κ2) is 11.6. The monoisotopic (exact) mass is 391 g/mol. The van der Waals surface area contributed by atoms with Crippen molar-refractivity contribution in [2.24, 2.45) is 0 Å². The summed E-state index contributed by atoms with van der Waals surface area (Å²) in [5.74, 6) is 0.330. The molecule has 5 heteroatoms. The maximum atomic E-state index is 9.49. The van der Waals surface area contributed by atoms with Crippen LogP contribution in [0.3, 0.4) is 0 Å². The molecule has 0 heterocycles. The van der Waals surface area contributed by atoms with E-state index in [1.165, 1.54) is 17.5 Å². The maximum absolute atomic E-state index is 9.49. The Morgan fingerprint density at radius 3 is 2.58 bits per heavy atom. The highest BCUT2D eigenvalue weighted by Crippen LogP contribution is 2.47. The van der Waals surface area contributed by atoms with Crippen molar-refractivity contribution in [3.63, 3.8) is 0 Å². The molecule has 0 bridgehead atoms. The molecule has 0 amide bonds.